The number of furan rings is 1. The molecule has 0 amide bonds. The van der Waals surface area contributed by atoms with Gasteiger partial charge in [-0.3, -0.25) is 4.79 Å². The second kappa shape index (κ2) is 4.24. The van der Waals surface area contributed by atoms with Gasteiger partial charge in [0.15, 0.2) is 0 Å². The van der Waals surface area contributed by atoms with Crippen LogP contribution in [0.4, 0.5) is 0 Å². The number of hydrogen-bond acceptors (Lipinski definition) is 4. The van der Waals surface area contributed by atoms with E-state index in [-0.39, 0.29) is 5.56 Å². The molecular formula is C9H7BrN2O2S. The third-order valence-electron chi connectivity index (χ3n) is 1.78. The summed E-state index contributed by atoms with van der Waals surface area (Å²) in [6.45, 7) is 1.86. The maximum atomic E-state index is 11.3. The topological polar surface area (TPSA) is 58.9 Å². The molecule has 0 radical (unpaired) electrons. The molecule has 0 fully saturated rings. The van der Waals surface area contributed by atoms with Crippen LogP contribution in [0.25, 0.3) is 0 Å². The van der Waals surface area contributed by atoms with Crippen LogP contribution in [0.1, 0.15) is 5.76 Å². The third-order valence-corrected chi connectivity index (χ3v) is 3.93. The van der Waals surface area contributed by atoms with Gasteiger partial charge in [0, 0.05) is 0 Å². The maximum absolute atomic E-state index is 11.3. The van der Waals surface area contributed by atoms with E-state index < -0.39 is 0 Å². The minimum absolute atomic E-state index is 0.186. The van der Waals surface area contributed by atoms with Gasteiger partial charge in [-0.1, -0.05) is 11.8 Å². The Morgan fingerprint density at radius 1 is 1.60 bits per heavy atom. The largest absolute Gasteiger partial charge is 0.468 e. The van der Waals surface area contributed by atoms with Crippen LogP contribution in [0, 0.1) is 6.92 Å². The Balaban J connectivity index is 2.37. The van der Waals surface area contributed by atoms with E-state index in [9.17, 15) is 4.79 Å². The number of aromatic amines is 1. The predicted octanol–water partition coefficient (Wildman–Crippen LogP) is 2.59. The van der Waals surface area contributed by atoms with Gasteiger partial charge in [0.25, 0.3) is 5.56 Å². The van der Waals surface area contributed by atoms with Crippen molar-refractivity contribution in [1.82, 2.24) is 9.97 Å². The summed E-state index contributed by atoms with van der Waals surface area (Å²) in [5.41, 5.74) is -0.186. The quantitative estimate of drug-likeness (QED) is 0.862. The van der Waals surface area contributed by atoms with Gasteiger partial charge in [-0.05, 0) is 28.9 Å². The van der Waals surface area contributed by atoms with Crippen LogP contribution < -0.4 is 5.56 Å². The van der Waals surface area contributed by atoms with Crippen molar-refractivity contribution in [2.45, 2.75) is 16.8 Å². The molecule has 0 aliphatic carbocycles. The van der Waals surface area contributed by atoms with E-state index in [1.165, 1.54) is 18.1 Å². The average Bonchev–Trinajstić information content (AvgIpc) is 2.60. The number of hydrogen-bond donors (Lipinski definition) is 1. The molecule has 0 aliphatic heterocycles. The van der Waals surface area contributed by atoms with Crippen molar-refractivity contribution in [3.63, 3.8) is 0 Å². The summed E-state index contributed by atoms with van der Waals surface area (Å²) >= 11 is 4.58. The Bertz CT molecular complexity index is 535. The van der Waals surface area contributed by atoms with E-state index >= 15 is 0 Å². The lowest BCUT2D eigenvalue weighted by atomic mass is 10.5. The first-order valence-corrected chi connectivity index (χ1v) is 5.74. The molecule has 0 atom stereocenters. The molecule has 0 aromatic carbocycles. The van der Waals surface area contributed by atoms with Crippen LogP contribution in [0.5, 0.6) is 0 Å². The Morgan fingerprint density at radius 3 is 3.07 bits per heavy atom. The molecule has 6 heteroatoms. The average molecular weight is 287 g/mol. The van der Waals surface area contributed by atoms with E-state index in [2.05, 4.69) is 25.9 Å². The zero-order valence-corrected chi connectivity index (χ0v) is 10.2. The minimum atomic E-state index is -0.186. The van der Waals surface area contributed by atoms with Gasteiger partial charge in [0.05, 0.1) is 17.5 Å². The molecule has 2 rings (SSSR count). The van der Waals surface area contributed by atoms with Crippen molar-refractivity contribution in [3.8, 4) is 0 Å². The molecule has 0 aliphatic rings. The van der Waals surface area contributed by atoms with E-state index in [1.807, 2.05) is 13.0 Å². The zero-order chi connectivity index (χ0) is 10.8. The summed E-state index contributed by atoms with van der Waals surface area (Å²) in [5.74, 6) is 0.814. The zero-order valence-electron chi connectivity index (χ0n) is 7.78. The van der Waals surface area contributed by atoms with Crippen molar-refractivity contribution in [3.05, 3.63) is 39.2 Å². The highest BCUT2D eigenvalue weighted by molar-refractivity contribution is 9.10. The van der Waals surface area contributed by atoms with Crippen LogP contribution in [-0.2, 0) is 0 Å². The second-order valence-corrected chi connectivity index (χ2v) is 4.62. The first-order valence-electron chi connectivity index (χ1n) is 4.13. The van der Waals surface area contributed by atoms with Gasteiger partial charge in [-0.15, -0.1) is 0 Å². The molecule has 0 spiro atoms. The first-order chi connectivity index (χ1) is 7.18. The molecule has 2 heterocycles. The number of halogens is 1. The fourth-order valence-corrected chi connectivity index (χ4v) is 2.29. The molecule has 1 N–H and O–H groups in total. The summed E-state index contributed by atoms with van der Waals surface area (Å²) in [6.07, 6.45) is 2.99. The van der Waals surface area contributed by atoms with Crippen molar-refractivity contribution >= 4 is 27.7 Å². The Labute approximate surface area is 98.2 Å². The van der Waals surface area contributed by atoms with Gasteiger partial charge in [-0.25, -0.2) is 4.98 Å². The second-order valence-electron chi connectivity index (χ2n) is 2.79. The van der Waals surface area contributed by atoms with Gasteiger partial charge in [0.2, 0.25) is 0 Å². The standard InChI is InChI=1S/C9H7BrN2O2S/c1-5-6(2-3-14-5)15-9-7(10)8(13)11-4-12-9/h2-4H,1H3,(H,11,12,13). The van der Waals surface area contributed by atoms with Crippen molar-refractivity contribution < 1.29 is 4.42 Å². The highest BCUT2D eigenvalue weighted by atomic mass is 79.9. The lowest BCUT2D eigenvalue weighted by molar-refractivity contribution is 0.527. The fraction of sp³-hybridized carbons (Fsp3) is 0.111. The van der Waals surface area contributed by atoms with Gasteiger partial charge >= 0.3 is 0 Å². The molecule has 0 bridgehead atoms. The van der Waals surface area contributed by atoms with Gasteiger partial charge < -0.3 is 9.40 Å². The molecule has 0 saturated heterocycles. The van der Waals surface area contributed by atoms with Crippen LogP contribution >= 0.6 is 27.7 Å². The van der Waals surface area contributed by atoms with Crippen LogP contribution in [0.3, 0.4) is 0 Å². The lowest BCUT2D eigenvalue weighted by Crippen LogP contribution is -2.07. The van der Waals surface area contributed by atoms with Crippen molar-refractivity contribution in [2.75, 3.05) is 0 Å². The lowest BCUT2D eigenvalue weighted by Gasteiger charge is -1.99. The number of nitrogens with one attached hydrogen (secondary N) is 1. The third kappa shape index (κ3) is 2.15. The summed E-state index contributed by atoms with van der Waals surface area (Å²) in [6, 6.07) is 1.84. The number of nitrogens with zero attached hydrogens (tertiary/aromatic N) is 1. The van der Waals surface area contributed by atoms with Crippen LogP contribution in [0.15, 0.2) is 42.3 Å². The number of H-pyrrole nitrogens is 1. The van der Waals surface area contributed by atoms with E-state index in [0.29, 0.717) is 9.50 Å². The highest BCUT2D eigenvalue weighted by Crippen LogP contribution is 2.32. The number of aryl methyl sites for hydroxylation is 1. The van der Waals surface area contributed by atoms with Gasteiger partial charge in [0.1, 0.15) is 15.3 Å². The summed E-state index contributed by atoms with van der Waals surface area (Å²) < 4.78 is 5.60. The minimum Gasteiger partial charge on any atom is -0.468 e. The fourth-order valence-electron chi connectivity index (χ4n) is 1.02. The Morgan fingerprint density at radius 2 is 2.40 bits per heavy atom. The SMILES string of the molecule is Cc1occc1Sc1nc[nH]c(=O)c1Br. The van der Waals surface area contributed by atoms with Crippen molar-refractivity contribution in [1.29, 1.82) is 0 Å². The molecule has 78 valence electrons. The maximum Gasteiger partial charge on any atom is 0.266 e. The number of aromatic nitrogens is 2. The van der Waals surface area contributed by atoms with E-state index in [0.717, 1.165) is 10.7 Å². The Hall–Kier alpha value is -1.01. The van der Waals surface area contributed by atoms with Gasteiger partial charge in [-0.2, -0.15) is 0 Å². The van der Waals surface area contributed by atoms with Crippen molar-refractivity contribution in [2.24, 2.45) is 0 Å². The molecular weight excluding hydrogens is 280 g/mol. The molecule has 4 nitrogen and oxygen atoms in total. The molecule has 15 heavy (non-hydrogen) atoms. The summed E-state index contributed by atoms with van der Waals surface area (Å²) in [4.78, 5) is 18.8. The molecule has 2 aromatic heterocycles. The van der Waals surface area contributed by atoms with E-state index in [1.54, 1.807) is 6.26 Å². The number of rotatable bonds is 2. The summed E-state index contributed by atoms with van der Waals surface area (Å²) in [7, 11) is 0. The summed E-state index contributed by atoms with van der Waals surface area (Å²) in [5, 5.41) is 0.628. The Kier molecular flexibility index (Phi) is 2.97. The van der Waals surface area contributed by atoms with Crippen LogP contribution in [0.2, 0.25) is 0 Å². The first kappa shape index (κ1) is 10.5. The monoisotopic (exact) mass is 286 g/mol. The van der Waals surface area contributed by atoms with E-state index in [4.69, 9.17) is 4.42 Å². The molecule has 0 unspecified atom stereocenters. The highest BCUT2D eigenvalue weighted by Gasteiger charge is 2.10. The predicted molar refractivity (Wildman–Crippen MR) is 60.1 cm³/mol. The smallest absolute Gasteiger partial charge is 0.266 e. The molecule has 0 saturated carbocycles. The van der Waals surface area contributed by atoms with Crippen LogP contribution in [-0.4, -0.2) is 9.97 Å². The molecule has 2 aromatic rings. The normalized spacial score (nSPS) is 10.5.